The van der Waals surface area contributed by atoms with Crippen LogP contribution < -0.4 is 4.90 Å². The van der Waals surface area contributed by atoms with Gasteiger partial charge in [-0.2, -0.15) is 0 Å². The van der Waals surface area contributed by atoms with E-state index in [1.54, 1.807) is 17.7 Å². The van der Waals surface area contributed by atoms with Crippen LogP contribution in [0.3, 0.4) is 0 Å². The highest BCUT2D eigenvalue weighted by atomic mass is 32.1. The Morgan fingerprint density at radius 1 is 1.17 bits per heavy atom. The van der Waals surface area contributed by atoms with Crippen LogP contribution in [0.15, 0.2) is 83.6 Å². The average Bonchev–Trinajstić information content (AvgIpc) is 3.40. The number of aryl methyl sites for hydroxylation is 1. The summed E-state index contributed by atoms with van der Waals surface area (Å²) in [6, 6.07) is 16.4. The van der Waals surface area contributed by atoms with Crippen LogP contribution in [0.2, 0.25) is 0 Å². The third-order valence-electron chi connectivity index (χ3n) is 5.03. The summed E-state index contributed by atoms with van der Waals surface area (Å²) in [5.74, 6) is -1.56. The summed E-state index contributed by atoms with van der Waals surface area (Å²) >= 11 is 1.28. The van der Waals surface area contributed by atoms with Crippen molar-refractivity contribution in [3.63, 3.8) is 0 Å². The predicted octanol–water partition coefficient (Wildman–Crippen LogP) is 4.89. The Morgan fingerprint density at radius 2 is 1.90 bits per heavy atom. The lowest BCUT2D eigenvalue weighted by Gasteiger charge is -2.24. The van der Waals surface area contributed by atoms with Gasteiger partial charge in [-0.05, 0) is 29.2 Å². The lowest BCUT2D eigenvalue weighted by atomic mass is 9.95. The van der Waals surface area contributed by atoms with E-state index in [-0.39, 0.29) is 5.57 Å². The number of carbonyl (C=O) groups is 2. The highest BCUT2D eigenvalue weighted by molar-refractivity contribution is 7.13. The number of anilines is 1. The molecule has 0 bridgehead atoms. The molecule has 1 atom stereocenters. The number of nitrogens with zero attached hydrogens (tertiary/aromatic N) is 2. The van der Waals surface area contributed by atoms with Gasteiger partial charge in [0.15, 0.2) is 16.7 Å². The van der Waals surface area contributed by atoms with Gasteiger partial charge >= 0.3 is 0 Å². The van der Waals surface area contributed by atoms with E-state index >= 15 is 0 Å². The minimum Gasteiger partial charge on any atom is -0.503 e. The number of aliphatic hydroxyl groups excluding tert-OH is 1. The highest BCUT2D eigenvalue weighted by Gasteiger charge is 2.44. The van der Waals surface area contributed by atoms with Crippen LogP contribution in [0.25, 0.3) is 6.08 Å². The fourth-order valence-electron chi connectivity index (χ4n) is 3.47. The number of hydrogen-bond acceptors (Lipinski definition) is 5. The van der Waals surface area contributed by atoms with Gasteiger partial charge in [-0.25, -0.2) is 4.98 Å². The molecule has 1 aliphatic rings. The Hall–Kier alpha value is -3.51. The monoisotopic (exact) mass is 416 g/mol. The molecule has 1 N–H and O–H groups in total. The Bertz CT molecular complexity index is 1120. The zero-order valence-electron chi connectivity index (χ0n) is 16.4. The van der Waals surface area contributed by atoms with Crippen LogP contribution in [0.1, 0.15) is 29.7 Å². The van der Waals surface area contributed by atoms with Crippen LogP contribution in [0, 0.1) is 0 Å². The standard InChI is InChI=1S/C24H20N2O3S/c1-2-16-8-11-18(12-9-16)21-20(19(27)13-10-17-6-4-3-5-7-17)22(28)23(29)26(21)24-25-14-15-30-24/h3-15,21,28H,2H2,1H3/b13-10+. The molecule has 1 amide bonds. The second-order valence-electron chi connectivity index (χ2n) is 6.86. The predicted molar refractivity (Wildman–Crippen MR) is 118 cm³/mol. The third-order valence-corrected chi connectivity index (χ3v) is 5.80. The number of amides is 1. The van der Waals surface area contributed by atoms with Crippen molar-refractivity contribution in [3.8, 4) is 0 Å². The Kier molecular flexibility index (Phi) is 5.59. The van der Waals surface area contributed by atoms with E-state index in [0.29, 0.717) is 5.13 Å². The van der Waals surface area contributed by atoms with Crippen molar-refractivity contribution in [2.75, 3.05) is 4.90 Å². The van der Waals surface area contributed by atoms with Crippen molar-refractivity contribution in [2.45, 2.75) is 19.4 Å². The van der Waals surface area contributed by atoms with Crippen LogP contribution in [-0.2, 0) is 16.0 Å². The molecule has 0 fully saturated rings. The Balaban J connectivity index is 1.76. The van der Waals surface area contributed by atoms with Crippen molar-refractivity contribution in [1.29, 1.82) is 0 Å². The summed E-state index contributed by atoms with van der Waals surface area (Å²) in [4.78, 5) is 31.6. The summed E-state index contributed by atoms with van der Waals surface area (Å²) in [7, 11) is 0. The molecular weight excluding hydrogens is 396 g/mol. The molecule has 0 radical (unpaired) electrons. The van der Waals surface area contributed by atoms with Gasteiger partial charge in [-0.3, -0.25) is 14.5 Å². The molecule has 1 aliphatic heterocycles. The Labute approximate surface area is 178 Å². The van der Waals surface area contributed by atoms with E-state index in [4.69, 9.17) is 0 Å². The molecule has 0 saturated heterocycles. The van der Waals surface area contributed by atoms with Gasteiger partial charge in [-0.15, -0.1) is 11.3 Å². The number of thiazole rings is 1. The number of aliphatic hydroxyl groups is 1. The van der Waals surface area contributed by atoms with Gasteiger partial charge in [0.05, 0.1) is 11.6 Å². The van der Waals surface area contributed by atoms with Crippen molar-refractivity contribution in [1.82, 2.24) is 4.98 Å². The van der Waals surface area contributed by atoms with Crippen LogP contribution in [-0.4, -0.2) is 21.8 Å². The molecule has 0 saturated carbocycles. The first-order chi connectivity index (χ1) is 14.6. The molecule has 6 heteroatoms. The number of allylic oxidation sites excluding steroid dienone is 1. The first-order valence-corrected chi connectivity index (χ1v) is 10.5. The third kappa shape index (κ3) is 3.69. The van der Waals surface area contributed by atoms with E-state index in [1.807, 2.05) is 54.6 Å². The van der Waals surface area contributed by atoms with Crippen LogP contribution in [0.4, 0.5) is 5.13 Å². The molecule has 150 valence electrons. The molecular formula is C24H20N2O3S. The first kappa shape index (κ1) is 19.8. The zero-order chi connectivity index (χ0) is 21.1. The number of aromatic nitrogens is 1. The van der Waals surface area contributed by atoms with Gasteiger partial charge < -0.3 is 5.11 Å². The second-order valence-corrected chi connectivity index (χ2v) is 7.73. The van der Waals surface area contributed by atoms with E-state index < -0.39 is 23.5 Å². The molecule has 2 heterocycles. The maximum atomic E-state index is 13.1. The summed E-state index contributed by atoms with van der Waals surface area (Å²) in [6.07, 6.45) is 5.55. The maximum Gasteiger partial charge on any atom is 0.296 e. The number of benzene rings is 2. The quantitative estimate of drug-likeness (QED) is 0.581. The normalized spacial score (nSPS) is 16.6. The van der Waals surface area contributed by atoms with Gasteiger partial charge in [0.2, 0.25) is 0 Å². The van der Waals surface area contributed by atoms with Gasteiger partial charge in [0.1, 0.15) is 0 Å². The Morgan fingerprint density at radius 3 is 2.53 bits per heavy atom. The molecule has 5 nitrogen and oxygen atoms in total. The number of hydrogen-bond donors (Lipinski definition) is 1. The summed E-state index contributed by atoms with van der Waals surface area (Å²) in [5.41, 5.74) is 2.81. The topological polar surface area (TPSA) is 70.5 Å². The van der Waals surface area contributed by atoms with Crippen molar-refractivity contribution < 1.29 is 14.7 Å². The lowest BCUT2D eigenvalue weighted by molar-refractivity contribution is -0.117. The molecule has 2 aromatic carbocycles. The average molecular weight is 417 g/mol. The largest absolute Gasteiger partial charge is 0.503 e. The first-order valence-electron chi connectivity index (χ1n) is 9.62. The van der Waals surface area contributed by atoms with E-state index in [1.165, 1.54) is 22.3 Å². The van der Waals surface area contributed by atoms with E-state index in [2.05, 4.69) is 11.9 Å². The van der Waals surface area contributed by atoms with Crippen LogP contribution in [0.5, 0.6) is 0 Å². The summed E-state index contributed by atoms with van der Waals surface area (Å²) in [6.45, 7) is 2.06. The molecule has 0 spiro atoms. The fraction of sp³-hybridized carbons (Fsp3) is 0.125. The van der Waals surface area contributed by atoms with Crippen LogP contribution >= 0.6 is 11.3 Å². The SMILES string of the molecule is CCc1ccc(C2C(C(=O)/C=C/c3ccccc3)=C(O)C(=O)N2c2nccs2)cc1. The molecule has 4 rings (SSSR count). The second kappa shape index (κ2) is 8.47. The van der Waals surface area contributed by atoms with E-state index in [0.717, 1.165) is 23.1 Å². The van der Waals surface area contributed by atoms with Crippen molar-refractivity contribution >= 4 is 34.2 Å². The number of rotatable bonds is 6. The van der Waals surface area contributed by atoms with Crippen molar-refractivity contribution in [3.05, 3.63) is 100 Å². The molecule has 1 unspecified atom stereocenters. The minimum absolute atomic E-state index is 0.0617. The smallest absolute Gasteiger partial charge is 0.296 e. The molecule has 0 aliphatic carbocycles. The van der Waals surface area contributed by atoms with Gasteiger partial charge in [0.25, 0.3) is 5.91 Å². The van der Waals surface area contributed by atoms with Gasteiger partial charge in [-0.1, -0.05) is 67.6 Å². The maximum absolute atomic E-state index is 13.1. The number of carbonyl (C=O) groups excluding carboxylic acids is 2. The highest BCUT2D eigenvalue weighted by Crippen LogP contribution is 2.41. The zero-order valence-corrected chi connectivity index (χ0v) is 17.2. The molecule has 30 heavy (non-hydrogen) atoms. The lowest BCUT2D eigenvalue weighted by Crippen LogP contribution is -2.30. The number of ketones is 1. The molecule has 3 aromatic rings. The summed E-state index contributed by atoms with van der Waals surface area (Å²) in [5, 5.41) is 12.8. The van der Waals surface area contributed by atoms with Crippen molar-refractivity contribution in [2.24, 2.45) is 0 Å². The van der Waals surface area contributed by atoms with E-state index in [9.17, 15) is 14.7 Å². The summed E-state index contributed by atoms with van der Waals surface area (Å²) < 4.78 is 0. The fourth-order valence-corrected chi connectivity index (χ4v) is 4.13. The molecule has 1 aromatic heterocycles. The minimum atomic E-state index is -0.734. The van der Waals surface area contributed by atoms with Gasteiger partial charge in [0, 0.05) is 11.6 Å².